The molecule has 70 valence electrons. The molecule has 3 heteroatoms. The lowest BCUT2D eigenvalue weighted by Gasteiger charge is -2.31. The molecular weight excluding hydrogens is 156 g/mol. The van der Waals surface area contributed by atoms with Gasteiger partial charge in [-0.25, -0.2) is 0 Å². The number of ether oxygens (including phenoxy) is 2. The summed E-state index contributed by atoms with van der Waals surface area (Å²) < 4.78 is 10.6. The lowest BCUT2D eigenvalue weighted by Crippen LogP contribution is -2.44. The molecule has 3 atom stereocenters. The van der Waals surface area contributed by atoms with Gasteiger partial charge in [0.25, 0.3) is 0 Å². The fourth-order valence-corrected chi connectivity index (χ4v) is 2.21. The largest absolute Gasteiger partial charge is 0.387 e. The van der Waals surface area contributed by atoms with E-state index in [9.17, 15) is 5.11 Å². The molecule has 0 spiro atoms. The van der Waals surface area contributed by atoms with E-state index in [1.165, 1.54) is 0 Å². The van der Waals surface area contributed by atoms with E-state index in [1.54, 1.807) is 0 Å². The van der Waals surface area contributed by atoms with Crippen molar-refractivity contribution in [2.75, 3.05) is 19.8 Å². The molecule has 2 heterocycles. The van der Waals surface area contributed by atoms with Crippen LogP contribution in [-0.2, 0) is 9.47 Å². The summed E-state index contributed by atoms with van der Waals surface area (Å²) in [6.07, 6.45) is 1.72. The van der Waals surface area contributed by atoms with Crippen molar-refractivity contribution in [1.82, 2.24) is 0 Å². The Morgan fingerprint density at radius 2 is 2.25 bits per heavy atom. The van der Waals surface area contributed by atoms with Crippen molar-refractivity contribution in [3.63, 3.8) is 0 Å². The van der Waals surface area contributed by atoms with Gasteiger partial charge in [0.05, 0.1) is 18.3 Å². The van der Waals surface area contributed by atoms with Crippen LogP contribution in [-0.4, -0.2) is 36.6 Å². The lowest BCUT2D eigenvalue weighted by molar-refractivity contribution is -0.0701. The Morgan fingerprint density at radius 1 is 1.42 bits per heavy atom. The third-order valence-corrected chi connectivity index (χ3v) is 3.21. The average Bonchev–Trinajstić information content (AvgIpc) is 2.62. The van der Waals surface area contributed by atoms with Crippen molar-refractivity contribution in [2.24, 2.45) is 5.92 Å². The van der Waals surface area contributed by atoms with Crippen LogP contribution in [0, 0.1) is 5.92 Å². The molecule has 0 aliphatic carbocycles. The van der Waals surface area contributed by atoms with E-state index >= 15 is 0 Å². The molecule has 1 N–H and O–H groups in total. The highest BCUT2D eigenvalue weighted by Gasteiger charge is 2.47. The van der Waals surface area contributed by atoms with Crippen molar-refractivity contribution in [3.8, 4) is 0 Å². The SMILES string of the molecule is CC1OCCC1(O)C1CCOC1. The van der Waals surface area contributed by atoms with Crippen LogP contribution < -0.4 is 0 Å². The Labute approximate surface area is 72.7 Å². The summed E-state index contributed by atoms with van der Waals surface area (Å²) >= 11 is 0. The van der Waals surface area contributed by atoms with Crippen LogP contribution in [0.15, 0.2) is 0 Å². The van der Waals surface area contributed by atoms with Crippen molar-refractivity contribution >= 4 is 0 Å². The maximum absolute atomic E-state index is 10.3. The molecule has 3 unspecified atom stereocenters. The molecule has 2 aliphatic rings. The lowest BCUT2D eigenvalue weighted by atomic mass is 9.82. The van der Waals surface area contributed by atoms with Crippen molar-refractivity contribution < 1.29 is 14.6 Å². The van der Waals surface area contributed by atoms with E-state index in [0.29, 0.717) is 13.2 Å². The van der Waals surface area contributed by atoms with Gasteiger partial charge in [-0.15, -0.1) is 0 Å². The fraction of sp³-hybridized carbons (Fsp3) is 1.00. The van der Waals surface area contributed by atoms with Crippen LogP contribution in [0.1, 0.15) is 19.8 Å². The molecule has 0 radical (unpaired) electrons. The highest BCUT2D eigenvalue weighted by molar-refractivity contribution is 4.96. The number of hydrogen-bond donors (Lipinski definition) is 1. The van der Waals surface area contributed by atoms with Gasteiger partial charge in [-0.05, 0) is 13.3 Å². The molecule has 0 aromatic heterocycles. The maximum Gasteiger partial charge on any atom is 0.0978 e. The summed E-state index contributed by atoms with van der Waals surface area (Å²) in [6, 6.07) is 0. The summed E-state index contributed by atoms with van der Waals surface area (Å²) in [6.45, 7) is 4.13. The maximum atomic E-state index is 10.3. The minimum atomic E-state index is -0.615. The van der Waals surface area contributed by atoms with E-state index in [2.05, 4.69) is 0 Å². The zero-order valence-electron chi connectivity index (χ0n) is 7.45. The van der Waals surface area contributed by atoms with Gasteiger partial charge >= 0.3 is 0 Å². The quantitative estimate of drug-likeness (QED) is 0.628. The van der Waals surface area contributed by atoms with Gasteiger partial charge in [0.1, 0.15) is 0 Å². The van der Waals surface area contributed by atoms with Crippen LogP contribution in [0.2, 0.25) is 0 Å². The zero-order chi connectivity index (χ0) is 8.60. The summed E-state index contributed by atoms with van der Waals surface area (Å²) in [5.74, 6) is 0.287. The second-order valence-electron chi connectivity index (χ2n) is 3.81. The van der Waals surface area contributed by atoms with Gasteiger partial charge in [-0.2, -0.15) is 0 Å². The molecule has 12 heavy (non-hydrogen) atoms. The molecule has 2 fully saturated rings. The minimum absolute atomic E-state index is 0.0239. The summed E-state index contributed by atoms with van der Waals surface area (Å²) in [7, 11) is 0. The first-order valence-corrected chi connectivity index (χ1v) is 4.65. The van der Waals surface area contributed by atoms with Crippen LogP contribution in [0.25, 0.3) is 0 Å². The van der Waals surface area contributed by atoms with Gasteiger partial charge in [0.15, 0.2) is 0 Å². The first kappa shape index (κ1) is 8.48. The van der Waals surface area contributed by atoms with E-state index < -0.39 is 5.60 Å². The fourth-order valence-electron chi connectivity index (χ4n) is 2.21. The van der Waals surface area contributed by atoms with Gasteiger partial charge < -0.3 is 14.6 Å². The smallest absolute Gasteiger partial charge is 0.0978 e. The average molecular weight is 172 g/mol. The molecule has 0 bridgehead atoms. The predicted molar refractivity (Wildman–Crippen MR) is 43.9 cm³/mol. The summed E-state index contributed by atoms with van der Waals surface area (Å²) in [5, 5.41) is 10.3. The third kappa shape index (κ3) is 1.16. The van der Waals surface area contributed by atoms with E-state index in [-0.39, 0.29) is 12.0 Å². The summed E-state index contributed by atoms with van der Waals surface area (Å²) in [5.41, 5.74) is -0.615. The second kappa shape index (κ2) is 2.98. The van der Waals surface area contributed by atoms with Crippen LogP contribution in [0.3, 0.4) is 0 Å². The first-order valence-electron chi connectivity index (χ1n) is 4.65. The molecule has 3 nitrogen and oxygen atoms in total. The zero-order valence-corrected chi connectivity index (χ0v) is 7.45. The predicted octanol–water partition coefficient (Wildman–Crippen LogP) is 0.563. The summed E-state index contributed by atoms with van der Waals surface area (Å²) in [4.78, 5) is 0. The van der Waals surface area contributed by atoms with Gasteiger partial charge in [-0.1, -0.05) is 0 Å². The monoisotopic (exact) mass is 172 g/mol. The molecule has 0 aromatic carbocycles. The number of aliphatic hydroxyl groups is 1. The van der Waals surface area contributed by atoms with Gasteiger partial charge in [0.2, 0.25) is 0 Å². The van der Waals surface area contributed by atoms with Crippen molar-refractivity contribution in [3.05, 3.63) is 0 Å². The standard InChI is InChI=1S/C9H16O3/c1-7-9(10,3-5-12-7)8-2-4-11-6-8/h7-8,10H,2-6H2,1H3. The molecular formula is C9H16O3. The topological polar surface area (TPSA) is 38.7 Å². The molecule has 0 aromatic rings. The number of rotatable bonds is 1. The van der Waals surface area contributed by atoms with Crippen molar-refractivity contribution in [1.29, 1.82) is 0 Å². The van der Waals surface area contributed by atoms with Gasteiger partial charge in [-0.3, -0.25) is 0 Å². The highest BCUT2D eigenvalue weighted by Crippen LogP contribution is 2.37. The second-order valence-corrected chi connectivity index (χ2v) is 3.81. The minimum Gasteiger partial charge on any atom is -0.387 e. The van der Waals surface area contributed by atoms with Crippen LogP contribution in [0.4, 0.5) is 0 Å². The Balaban J connectivity index is 2.07. The van der Waals surface area contributed by atoms with Crippen molar-refractivity contribution in [2.45, 2.75) is 31.5 Å². The first-order chi connectivity index (χ1) is 5.73. The van der Waals surface area contributed by atoms with Crippen LogP contribution in [0.5, 0.6) is 0 Å². The Bertz CT molecular complexity index is 165. The molecule has 2 aliphatic heterocycles. The van der Waals surface area contributed by atoms with Crippen LogP contribution >= 0.6 is 0 Å². The Kier molecular flexibility index (Phi) is 2.10. The Hall–Kier alpha value is -0.120. The molecule has 0 amide bonds. The van der Waals surface area contributed by atoms with E-state index in [1.807, 2.05) is 6.92 Å². The third-order valence-electron chi connectivity index (χ3n) is 3.21. The van der Waals surface area contributed by atoms with E-state index in [0.717, 1.165) is 19.4 Å². The molecule has 0 saturated carbocycles. The highest BCUT2D eigenvalue weighted by atomic mass is 16.5. The molecule has 2 rings (SSSR count). The van der Waals surface area contributed by atoms with Gasteiger partial charge in [0, 0.05) is 25.6 Å². The normalized spacial score (nSPS) is 48.5. The number of hydrogen-bond acceptors (Lipinski definition) is 3. The molecule has 2 saturated heterocycles. The Morgan fingerprint density at radius 3 is 2.75 bits per heavy atom. The van der Waals surface area contributed by atoms with E-state index in [4.69, 9.17) is 9.47 Å².